The van der Waals surface area contributed by atoms with E-state index in [1.165, 1.54) is 18.2 Å². The van der Waals surface area contributed by atoms with Crippen LogP contribution < -0.4 is 14.8 Å². The van der Waals surface area contributed by atoms with E-state index >= 15 is 0 Å². The normalized spacial score (nSPS) is 11.1. The zero-order chi connectivity index (χ0) is 22.6. The van der Waals surface area contributed by atoms with E-state index in [1.54, 1.807) is 19.1 Å². The molecule has 0 radical (unpaired) electrons. The predicted molar refractivity (Wildman–Crippen MR) is 109 cm³/mol. The molecule has 0 aliphatic heterocycles. The number of hydrogen-bond acceptors (Lipinski definition) is 9. The van der Waals surface area contributed by atoms with Gasteiger partial charge in [0.1, 0.15) is 12.4 Å². The molecule has 0 spiro atoms. The topological polar surface area (TPSA) is 171 Å². The van der Waals surface area contributed by atoms with Gasteiger partial charge in [0.05, 0.1) is 10.5 Å². The number of sulfonamides is 1. The van der Waals surface area contributed by atoms with Crippen molar-refractivity contribution in [1.82, 2.24) is 5.16 Å². The summed E-state index contributed by atoms with van der Waals surface area (Å²) in [5, 5.41) is 35.1. The van der Waals surface area contributed by atoms with Gasteiger partial charge in [0.15, 0.2) is 17.3 Å². The van der Waals surface area contributed by atoms with Gasteiger partial charge < -0.3 is 29.9 Å². The maximum Gasteiger partial charge on any atom is 0.335 e. The summed E-state index contributed by atoms with van der Waals surface area (Å²) in [6.07, 6.45) is 0. The molecule has 3 aromatic rings. The third-order valence-electron chi connectivity index (χ3n) is 4.01. The minimum absolute atomic E-state index is 0.0284. The fraction of sp³-hybridized carbons (Fsp3) is 0.158. The van der Waals surface area contributed by atoms with Crippen LogP contribution in [0.25, 0.3) is 0 Å². The number of rotatable bonds is 9. The van der Waals surface area contributed by atoms with Crippen molar-refractivity contribution in [3.8, 4) is 17.2 Å². The molecule has 12 heteroatoms. The number of phenolic OH excluding ortho intramolecular Hbond substituents is 2. The van der Waals surface area contributed by atoms with Crippen molar-refractivity contribution in [2.45, 2.75) is 11.8 Å². The van der Waals surface area contributed by atoms with E-state index < -0.39 is 27.5 Å². The van der Waals surface area contributed by atoms with Crippen LogP contribution in [0.15, 0.2) is 51.9 Å². The molecular weight excluding hydrogens is 430 g/mol. The summed E-state index contributed by atoms with van der Waals surface area (Å²) in [7, 11) is -3.82. The lowest BCUT2D eigenvalue weighted by molar-refractivity contribution is 0.0695. The largest absolute Gasteiger partial charge is 0.504 e. The highest BCUT2D eigenvalue weighted by molar-refractivity contribution is 7.92. The Morgan fingerprint density at radius 2 is 1.77 bits per heavy atom. The van der Waals surface area contributed by atoms with Crippen molar-refractivity contribution in [3.05, 3.63) is 53.8 Å². The van der Waals surface area contributed by atoms with Crippen LogP contribution >= 0.6 is 0 Å². The monoisotopic (exact) mass is 449 g/mol. The summed E-state index contributed by atoms with van der Waals surface area (Å²) >= 11 is 0. The molecule has 1 heterocycles. The van der Waals surface area contributed by atoms with Crippen LogP contribution in [0, 0.1) is 6.92 Å². The number of carboxylic acid groups (broad SMARTS) is 1. The van der Waals surface area contributed by atoms with Crippen molar-refractivity contribution in [2.24, 2.45) is 0 Å². The number of anilines is 2. The van der Waals surface area contributed by atoms with Gasteiger partial charge in [0, 0.05) is 18.3 Å². The number of ether oxygens (including phenoxy) is 1. The Bertz CT molecular complexity index is 1170. The first kappa shape index (κ1) is 21.8. The Balaban J connectivity index is 1.55. The molecule has 3 rings (SSSR count). The number of aromatic carboxylic acids is 1. The highest BCUT2D eigenvalue weighted by Gasteiger charge is 2.17. The minimum Gasteiger partial charge on any atom is -0.504 e. The Morgan fingerprint density at radius 3 is 2.32 bits per heavy atom. The lowest BCUT2D eigenvalue weighted by Crippen LogP contribution is -2.14. The molecule has 0 atom stereocenters. The van der Waals surface area contributed by atoms with Crippen LogP contribution in [0.5, 0.6) is 17.2 Å². The molecule has 0 unspecified atom stereocenters. The van der Waals surface area contributed by atoms with Gasteiger partial charge in [0.2, 0.25) is 5.75 Å². The van der Waals surface area contributed by atoms with E-state index in [9.17, 15) is 23.4 Å². The number of hydrogen-bond donors (Lipinski definition) is 5. The van der Waals surface area contributed by atoms with Crippen molar-refractivity contribution < 1.29 is 37.8 Å². The fourth-order valence-corrected chi connectivity index (χ4v) is 3.57. The van der Waals surface area contributed by atoms with Gasteiger partial charge >= 0.3 is 5.97 Å². The number of carbonyl (C=O) groups is 1. The van der Waals surface area contributed by atoms with Crippen LogP contribution in [-0.2, 0) is 10.0 Å². The van der Waals surface area contributed by atoms with Crippen LogP contribution in [0.1, 0.15) is 16.1 Å². The van der Waals surface area contributed by atoms with Gasteiger partial charge in [-0.2, -0.15) is 0 Å². The van der Waals surface area contributed by atoms with Crippen molar-refractivity contribution in [2.75, 3.05) is 23.2 Å². The van der Waals surface area contributed by atoms with Gasteiger partial charge in [-0.05, 0) is 43.3 Å². The number of aromatic nitrogens is 1. The average molecular weight is 449 g/mol. The molecule has 0 saturated carbocycles. The zero-order valence-electron chi connectivity index (χ0n) is 16.2. The first-order valence-electron chi connectivity index (χ1n) is 8.88. The van der Waals surface area contributed by atoms with Gasteiger partial charge in [-0.3, -0.25) is 4.72 Å². The summed E-state index contributed by atoms with van der Waals surface area (Å²) in [6.45, 7) is 1.92. The van der Waals surface area contributed by atoms with Crippen molar-refractivity contribution in [3.63, 3.8) is 0 Å². The number of nitrogens with zero attached hydrogens (tertiary/aromatic N) is 1. The lowest BCUT2D eigenvalue weighted by Gasteiger charge is -2.12. The van der Waals surface area contributed by atoms with E-state index in [1.807, 2.05) is 0 Å². The summed E-state index contributed by atoms with van der Waals surface area (Å²) in [4.78, 5) is 10.9. The number of benzene rings is 2. The first-order chi connectivity index (χ1) is 14.7. The van der Waals surface area contributed by atoms with E-state index in [-0.39, 0.29) is 35.2 Å². The molecular formula is C19H19N3O8S. The standard InChI is InChI=1S/C19H19N3O8S/c1-11-8-17(21-30-11)22-31(27,28)14-4-2-13(3-5-14)20-6-7-29-18-15(23)9-12(19(25)26)10-16(18)24/h2-5,8-10,20,23-24H,6-7H2,1H3,(H,21,22)(H,25,26). The molecule has 5 N–H and O–H groups in total. The van der Waals surface area contributed by atoms with Crippen molar-refractivity contribution in [1.29, 1.82) is 0 Å². The molecule has 0 aliphatic rings. The van der Waals surface area contributed by atoms with Crippen LogP contribution in [0.3, 0.4) is 0 Å². The number of nitrogens with one attached hydrogen (secondary N) is 2. The Labute approximate surface area is 176 Å². The molecule has 0 aliphatic carbocycles. The van der Waals surface area contributed by atoms with Crippen molar-refractivity contribution >= 4 is 27.5 Å². The molecule has 1 aromatic heterocycles. The van der Waals surface area contributed by atoms with Crippen LogP contribution in [-0.4, -0.2) is 48.0 Å². The summed E-state index contributed by atoms with van der Waals surface area (Å²) < 4.78 is 37.1. The Morgan fingerprint density at radius 1 is 1.13 bits per heavy atom. The maximum atomic E-state index is 12.4. The first-order valence-corrected chi connectivity index (χ1v) is 10.4. The smallest absolute Gasteiger partial charge is 0.335 e. The highest BCUT2D eigenvalue weighted by atomic mass is 32.2. The molecule has 0 saturated heterocycles. The summed E-state index contributed by atoms with van der Waals surface area (Å²) in [6, 6.07) is 9.31. The van der Waals surface area contributed by atoms with E-state index in [4.69, 9.17) is 14.4 Å². The average Bonchev–Trinajstić information content (AvgIpc) is 3.10. The molecule has 31 heavy (non-hydrogen) atoms. The third kappa shape index (κ3) is 5.36. The summed E-state index contributed by atoms with van der Waals surface area (Å²) in [5.74, 6) is -1.97. The highest BCUT2D eigenvalue weighted by Crippen LogP contribution is 2.36. The number of carboxylic acids is 1. The summed E-state index contributed by atoms with van der Waals surface area (Å²) in [5.41, 5.74) is 0.332. The lowest BCUT2D eigenvalue weighted by atomic mass is 10.2. The zero-order valence-corrected chi connectivity index (χ0v) is 17.0. The van der Waals surface area contributed by atoms with Crippen LogP contribution in [0.4, 0.5) is 11.5 Å². The predicted octanol–water partition coefficient (Wildman–Crippen LogP) is 2.38. The second-order valence-electron chi connectivity index (χ2n) is 6.38. The molecule has 0 amide bonds. The third-order valence-corrected chi connectivity index (χ3v) is 5.38. The van der Waals surface area contributed by atoms with Gasteiger partial charge in [-0.15, -0.1) is 0 Å². The second kappa shape index (κ2) is 8.83. The molecule has 0 bridgehead atoms. The van der Waals surface area contributed by atoms with E-state index in [0.29, 0.717) is 11.4 Å². The minimum atomic E-state index is -3.82. The Hall–Kier alpha value is -3.93. The molecule has 0 fully saturated rings. The Kier molecular flexibility index (Phi) is 6.20. The number of aryl methyl sites for hydroxylation is 1. The van der Waals surface area contributed by atoms with Crippen LogP contribution in [0.2, 0.25) is 0 Å². The van der Waals surface area contributed by atoms with Gasteiger partial charge in [-0.25, -0.2) is 13.2 Å². The van der Waals surface area contributed by atoms with E-state index in [2.05, 4.69) is 15.2 Å². The number of aromatic hydroxyl groups is 2. The maximum absolute atomic E-state index is 12.4. The van der Waals surface area contributed by atoms with Gasteiger partial charge in [0.25, 0.3) is 10.0 Å². The van der Waals surface area contributed by atoms with E-state index in [0.717, 1.165) is 12.1 Å². The number of phenols is 2. The molecule has 11 nitrogen and oxygen atoms in total. The SMILES string of the molecule is Cc1cc(NS(=O)(=O)c2ccc(NCCOc3c(O)cc(C(=O)O)cc3O)cc2)no1. The fourth-order valence-electron chi connectivity index (χ4n) is 2.58. The molecule has 164 valence electrons. The molecule has 2 aromatic carbocycles. The van der Waals surface area contributed by atoms with Gasteiger partial charge in [-0.1, -0.05) is 5.16 Å². The quantitative estimate of drug-likeness (QED) is 0.305. The second-order valence-corrected chi connectivity index (χ2v) is 8.06.